The lowest BCUT2D eigenvalue weighted by molar-refractivity contribution is -0.117. The third kappa shape index (κ3) is 5.92. The molecule has 5 nitrogen and oxygen atoms in total. The SMILES string of the molecule is CCCCCCc1ccc(N2C(=O)CC[C@@H]2COCc2ccc(C(=O)OC)s2)cc1. The lowest BCUT2D eigenvalue weighted by Crippen LogP contribution is -2.36. The van der Waals surface area contributed by atoms with Gasteiger partial charge in [0.05, 0.1) is 26.4 Å². The fraction of sp³-hybridized carbons (Fsp3) is 0.500. The zero-order chi connectivity index (χ0) is 21.3. The predicted octanol–water partition coefficient (Wildman–Crippen LogP) is 5.37. The highest BCUT2D eigenvalue weighted by molar-refractivity contribution is 7.13. The molecule has 1 aliphatic heterocycles. The summed E-state index contributed by atoms with van der Waals surface area (Å²) in [6.07, 6.45) is 7.47. The van der Waals surface area contributed by atoms with Gasteiger partial charge in [-0.25, -0.2) is 4.79 Å². The maximum Gasteiger partial charge on any atom is 0.348 e. The molecule has 0 aliphatic carbocycles. The summed E-state index contributed by atoms with van der Waals surface area (Å²) in [6, 6.07) is 12.1. The van der Waals surface area contributed by atoms with Crippen molar-refractivity contribution in [1.29, 1.82) is 0 Å². The van der Waals surface area contributed by atoms with E-state index in [1.165, 1.54) is 49.7 Å². The fourth-order valence-corrected chi connectivity index (χ4v) is 4.66. The van der Waals surface area contributed by atoms with Crippen molar-refractivity contribution in [2.45, 2.75) is 64.5 Å². The number of nitrogens with zero attached hydrogens (tertiary/aromatic N) is 1. The van der Waals surface area contributed by atoms with E-state index in [1.54, 1.807) is 6.07 Å². The van der Waals surface area contributed by atoms with Gasteiger partial charge in [0.25, 0.3) is 0 Å². The highest BCUT2D eigenvalue weighted by Crippen LogP contribution is 2.28. The molecule has 0 N–H and O–H groups in total. The second-order valence-corrected chi connectivity index (χ2v) is 8.87. The predicted molar refractivity (Wildman–Crippen MR) is 120 cm³/mol. The molecule has 1 saturated heterocycles. The molecule has 6 heteroatoms. The summed E-state index contributed by atoms with van der Waals surface area (Å²) in [7, 11) is 1.38. The van der Waals surface area contributed by atoms with Crippen LogP contribution >= 0.6 is 11.3 Å². The number of amides is 1. The van der Waals surface area contributed by atoms with Gasteiger partial charge in [-0.3, -0.25) is 4.79 Å². The van der Waals surface area contributed by atoms with E-state index in [0.717, 1.165) is 23.4 Å². The summed E-state index contributed by atoms with van der Waals surface area (Å²) in [5.41, 5.74) is 2.28. The molecular formula is C24H31NO4S. The van der Waals surface area contributed by atoms with E-state index in [9.17, 15) is 9.59 Å². The Bertz CT molecular complexity index is 830. The summed E-state index contributed by atoms with van der Waals surface area (Å²) in [5.74, 6) is -0.170. The van der Waals surface area contributed by atoms with Crippen LogP contribution in [0.1, 0.15) is 65.6 Å². The van der Waals surface area contributed by atoms with Crippen LogP contribution in [0.4, 0.5) is 5.69 Å². The number of methoxy groups -OCH3 is 1. The van der Waals surface area contributed by atoms with Crippen LogP contribution in [0.25, 0.3) is 0 Å². The summed E-state index contributed by atoms with van der Waals surface area (Å²) >= 11 is 1.38. The minimum Gasteiger partial charge on any atom is -0.465 e. The molecule has 2 aromatic rings. The molecule has 0 bridgehead atoms. The van der Waals surface area contributed by atoms with Crippen molar-refractivity contribution in [1.82, 2.24) is 0 Å². The highest BCUT2D eigenvalue weighted by Gasteiger charge is 2.32. The summed E-state index contributed by atoms with van der Waals surface area (Å²) < 4.78 is 10.6. The number of carbonyl (C=O) groups excluding carboxylic acids is 2. The van der Waals surface area contributed by atoms with Crippen molar-refractivity contribution < 1.29 is 19.1 Å². The van der Waals surface area contributed by atoms with Crippen LogP contribution in [0.3, 0.4) is 0 Å². The minimum absolute atomic E-state index is 0.0490. The number of esters is 1. The van der Waals surface area contributed by atoms with Crippen LogP contribution in [0.2, 0.25) is 0 Å². The van der Waals surface area contributed by atoms with E-state index < -0.39 is 0 Å². The van der Waals surface area contributed by atoms with Crippen molar-refractivity contribution in [2.24, 2.45) is 0 Å². The van der Waals surface area contributed by atoms with Crippen molar-refractivity contribution in [3.8, 4) is 0 Å². The standard InChI is InChI=1S/C24H31NO4S/c1-3-4-5-6-7-18-8-10-19(11-9-18)25-20(12-15-23(25)26)16-29-17-21-13-14-22(30-21)24(27)28-2/h8-11,13-14,20H,3-7,12,15-17H2,1-2H3/t20-/m1/s1. The van der Waals surface area contributed by atoms with Gasteiger partial charge < -0.3 is 14.4 Å². The third-order valence-corrected chi connectivity index (χ3v) is 6.50. The number of aryl methyl sites for hydroxylation is 1. The Morgan fingerprint density at radius 3 is 2.67 bits per heavy atom. The average Bonchev–Trinajstić information content (AvgIpc) is 3.38. The zero-order valence-corrected chi connectivity index (χ0v) is 18.7. The Kier molecular flexibility index (Phi) is 8.46. The summed E-state index contributed by atoms with van der Waals surface area (Å²) in [4.78, 5) is 27.5. The first-order valence-electron chi connectivity index (χ1n) is 10.8. The van der Waals surface area contributed by atoms with E-state index in [1.807, 2.05) is 11.0 Å². The highest BCUT2D eigenvalue weighted by atomic mass is 32.1. The van der Waals surface area contributed by atoms with Gasteiger partial charge in [-0.05, 0) is 49.1 Å². The van der Waals surface area contributed by atoms with E-state index in [2.05, 4.69) is 31.2 Å². The normalized spacial score (nSPS) is 16.3. The van der Waals surface area contributed by atoms with Crippen molar-refractivity contribution in [2.75, 3.05) is 18.6 Å². The number of thiophene rings is 1. The van der Waals surface area contributed by atoms with Crippen LogP contribution in [0, 0.1) is 0 Å². The van der Waals surface area contributed by atoms with E-state index >= 15 is 0 Å². The Morgan fingerprint density at radius 1 is 1.13 bits per heavy atom. The molecule has 3 rings (SSSR count). The van der Waals surface area contributed by atoms with Crippen LogP contribution in [0.5, 0.6) is 0 Å². The quantitative estimate of drug-likeness (QED) is 0.356. The van der Waals surface area contributed by atoms with Gasteiger partial charge >= 0.3 is 5.97 Å². The summed E-state index contributed by atoms with van der Waals surface area (Å²) in [6.45, 7) is 3.13. The molecular weight excluding hydrogens is 398 g/mol. The van der Waals surface area contributed by atoms with E-state index in [0.29, 0.717) is 24.5 Å². The number of hydrogen-bond acceptors (Lipinski definition) is 5. The van der Waals surface area contributed by atoms with Gasteiger partial charge in [-0.15, -0.1) is 11.3 Å². The zero-order valence-electron chi connectivity index (χ0n) is 17.9. The Hall–Kier alpha value is -2.18. The van der Waals surface area contributed by atoms with Gasteiger partial charge in [-0.1, -0.05) is 38.3 Å². The van der Waals surface area contributed by atoms with E-state index in [4.69, 9.17) is 9.47 Å². The largest absolute Gasteiger partial charge is 0.465 e. The van der Waals surface area contributed by atoms with E-state index in [-0.39, 0.29) is 17.9 Å². The molecule has 1 atom stereocenters. The van der Waals surface area contributed by atoms with Crippen LogP contribution in [-0.2, 0) is 27.3 Å². The van der Waals surface area contributed by atoms with Crippen molar-refractivity contribution in [3.63, 3.8) is 0 Å². The lowest BCUT2D eigenvalue weighted by Gasteiger charge is -2.25. The molecule has 0 saturated carbocycles. The number of rotatable bonds is 11. The fourth-order valence-electron chi connectivity index (χ4n) is 3.80. The maximum atomic E-state index is 12.5. The number of benzene rings is 1. The maximum absolute atomic E-state index is 12.5. The minimum atomic E-state index is -0.326. The molecule has 0 radical (unpaired) electrons. The van der Waals surface area contributed by atoms with Gasteiger partial charge in [-0.2, -0.15) is 0 Å². The van der Waals surface area contributed by atoms with Gasteiger partial charge in [0.2, 0.25) is 5.91 Å². The Morgan fingerprint density at radius 2 is 1.93 bits per heavy atom. The molecule has 1 fully saturated rings. The third-order valence-electron chi connectivity index (χ3n) is 5.46. The van der Waals surface area contributed by atoms with Gasteiger partial charge in [0.1, 0.15) is 4.88 Å². The molecule has 162 valence electrons. The topological polar surface area (TPSA) is 55.8 Å². The number of ether oxygens (including phenoxy) is 2. The van der Waals surface area contributed by atoms with Crippen molar-refractivity contribution >= 4 is 28.9 Å². The van der Waals surface area contributed by atoms with Crippen LogP contribution in [-0.4, -0.2) is 31.6 Å². The molecule has 1 aromatic heterocycles. The first-order valence-corrected chi connectivity index (χ1v) is 11.6. The monoisotopic (exact) mass is 429 g/mol. The molecule has 2 heterocycles. The number of anilines is 1. The lowest BCUT2D eigenvalue weighted by atomic mass is 10.1. The molecule has 0 unspecified atom stereocenters. The second kappa shape index (κ2) is 11.3. The number of carbonyl (C=O) groups is 2. The average molecular weight is 430 g/mol. The van der Waals surface area contributed by atoms with Crippen molar-refractivity contribution in [3.05, 3.63) is 51.7 Å². The second-order valence-electron chi connectivity index (χ2n) is 7.71. The molecule has 1 amide bonds. The molecule has 1 aliphatic rings. The van der Waals surface area contributed by atoms with Gasteiger partial charge in [0.15, 0.2) is 0 Å². The first kappa shape index (κ1) is 22.5. The smallest absolute Gasteiger partial charge is 0.348 e. The number of hydrogen-bond donors (Lipinski definition) is 0. The van der Waals surface area contributed by atoms with Crippen LogP contribution < -0.4 is 4.90 Å². The number of unbranched alkanes of at least 4 members (excludes halogenated alkanes) is 3. The van der Waals surface area contributed by atoms with Gasteiger partial charge in [0, 0.05) is 17.0 Å². The Balaban J connectivity index is 1.52. The summed E-state index contributed by atoms with van der Waals surface area (Å²) in [5, 5.41) is 0. The molecule has 0 spiro atoms. The Labute approximate surface area is 183 Å². The van der Waals surface area contributed by atoms with Crippen LogP contribution in [0.15, 0.2) is 36.4 Å². The molecule has 1 aromatic carbocycles. The first-order chi connectivity index (χ1) is 14.6. The molecule has 30 heavy (non-hydrogen) atoms.